The Labute approximate surface area is 125 Å². The van der Waals surface area contributed by atoms with E-state index in [9.17, 15) is 0 Å². The van der Waals surface area contributed by atoms with E-state index >= 15 is 0 Å². The van der Waals surface area contributed by atoms with Gasteiger partial charge in [-0.1, -0.05) is 11.6 Å². The molecule has 102 valence electrons. The molecule has 0 atom stereocenters. The second kappa shape index (κ2) is 6.36. The van der Waals surface area contributed by atoms with Crippen LogP contribution in [0.1, 0.15) is 11.8 Å². The van der Waals surface area contributed by atoms with E-state index in [4.69, 9.17) is 27.9 Å². The zero-order chi connectivity index (χ0) is 13.8. The molecule has 2 heterocycles. The Morgan fingerprint density at radius 1 is 1.26 bits per heavy atom. The maximum absolute atomic E-state index is 5.90. The smallest absolute Gasteiger partial charge is 0.322 e. The molecule has 2 aromatic rings. The van der Waals surface area contributed by atoms with Gasteiger partial charge in [0.05, 0.1) is 17.5 Å². The Bertz CT molecular complexity index is 563. The van der Waals surface area contributed by atoms with Gasteiger partial charge in [0, 0.05) is 11.9 Å². The average molecular weight is 319 g/mol. The van der Waals surface area contributed by atoms with Crippen molar-refractivity contribution in [1.29, 1.82) is 0 Å². The summed E-state index contributed by atoms with van der Waals surface area (Å²) in [5.41, 5.74) is 0. The fraction of sp³-hybridized carbons (Fsp3) is 0.364. The summed E-state index contributed by atoms with van der Waals surface area (Å²) in [6, 6.07) is 4.06. The van der Waals surface area contributed by atoms with Gasteiger partial charge in [-0.3, -0.25) is 0 Å². The topological polar surface area (TPSA) is 51.1 Å². The van der Waals surface area contributed by atoms with Crippen LogP contribution in [0.5, 0.6) is 6.01 Å². The lowest BCUT2D eigenvalue weighted by Gasteiger charge is -2.16. The lowest BCUT2D eigenvalue weighted by molar-refractivity contribution is 0.311. The molecule has 0 saturated carbocycles. The van der Waals surface area contributed by atoms with Gasteiger partial charge in [0.2, 0.25) is 11.2 Å². The van der Waals surface area contributed by atoms with Gasteiger partial charge in [0.15, 0.2) is 0 Å². The Kier molecular flexibility index (Phi) is 4.79. The summed E-state index contributed by atoms with van der Waals surface area (Å²) in [5.74, 6) is 0.466. The van der Waals surface area contributed by atoms with Crippen molar-refractivity contribution in [2.24, 2.45) is 0 Å². The number of thiophene rings is 1. The average Bonchev–Trinajstić information content (AvgIpc) is 2.74. The van der Waals surface area contributed by atoms with Crippen molar-refractivity contribution < 1.29 is 4.74 Å². The van der Waals surface area contributed by atoms with Crippen LogP contribution < -0.4 is 9.64 Å². The van der Waals surface area contributed by atoms with E-state index in [0.29, 0.717) is 19.1 Å². The summed E-state index contributed by atoms with van der Waals surface area (Å²) in [6.07, 6.45) is 0. The summed E-state index contributed by atoms with van der Waals surface area (Å²) < 4.78 is 6.00. The van der Waals surface area contributed by atoms with Gasteiger partial charge < -0.3 is 9.64 Å². The third kappa shape index (κ3) is 3.92. The number of ether oxygens (including phenoxy) is 1. The number of nitrogens with zero attached hydrogens (tertiary/aromatic N) is 4. The Morgan fingerprint density at radius 3 is 2.68 bits per heavy atom. The molecular formula is C11H12Cl2N4OS. The quantitative estimate of drug-likeness (QED) is 0.846. The highest BCUT2D eigenvalue weighted by molar-refractivity contribution is 7.16. The second-order valence-corrected chi connectivity index (χ2v) is 5.82. The van der Waals surface area contributed by atoms with Crippen molar-refractivity contribution in [2.75, 3.05) is 18.6 Å². The first kappa shape index (κ1) is 14.3. The number of anilines is 1. The van der Waals surface area contributed by atoms with Crippen LogP contribution in [0.15, 0.2) is 12.1 Å². The molecule has 19 heavy (non-hydrogen) atoms. The summed E-state index contributed by atoms with van der Waals surface area (Å²) in [6.45, 7) is 2.97. The highest BCUT2D eigenvalue weighted by atomic mass is 35.5. The van der Waals surface area contributed by atoms with Crippen molar-refractivity contribution >= 4 is 40.5 Å². The number of rotatable bonds is 5. The number of halogens is 2. The highest BCUT2D eigenvalue weighted by Crippen LogP contribution is 2.24. The first-order valence-electron chi connectivity index (χ1n) is 5.58. The Hall–Kier alpha value is -1.11. The molecule has 0 aliphatic rings. The van der Waals surface area contributed by atoms with Gasteiger partial charge in [-0.2, -0.15) is 15.0 Å². The molecule has 0 aromatic carbocycles. The maximum atomic E-state index is 5.90. The lowest BCUT2D eigenvalue weighted by Crippen LogP contribution is -2.19. The summed E-state index contributed by atoms with van der Waals surface area (Å²) in [5, 5.41) is 0.115. The molecule has 0 aliphatic carbocycles. The van der Waals surface area contributed by atoms with Crippen molar-refractivity contribution in [3.05, 3.63) is 26.6 Å². The Balaban J connectivity index is 2.15. The molecule has 5 nitrogen and oxygen atoms in total. The first-order chi connectivity index (χ1) is 9.08. The molecule has 0 bridgehead atoms. The number of aromatic nitrogens is 3. The molecular weight excluding hydrogens is 307 g/mol. The van der Waals surface area contributed by atoms with Crippen molar-refractivity contribution in [1.82, 2.24) is 15.0 Å². The van der Waals surface area contributed by atoms with Crippen LogP contribution in [0.25, 0.3) is 0 Å². The minimum Gasteiger partial charge on any atom is -0.464 e. The Morgan fingerprint density at radius 2 is 2.05 bits per heavy atom. The van der Waals surface area contributed by atoms with Crippen LogP contribution in [-0.4, -0.2) is 28.6 Å². The van der Waals surface area contributed by atoms with Gasteiger partial charge in [0.25, 0.3) is 0 Å². The molecule has 0 fully saturated rings. The van der Waals surface area contributed by atoms with Crippen LogP contribution in [0.2, 0.25) is 9.62 Å². The molecule has 0 unspecified atom stereocenters. The normalized spacial score (nSPS) is 10.5. The van der Waals surface area contributed by atoms with E-state index < -0.39 is 0 Å². The highest BCUT2D eigenvalue weighted by Gasteiger charge is 2.11. The predicted octanol–water partition coefficient (Wildman–Crippen LogP) is 3.28. The monoisotopic (exact) mass is 318 g/mol. The van der Waals surface area contributed by atoms with Gasteiger partial charge in [0.1, 0.15) is 0 Å². The predicted molar refractivity (Wildman–Crippen MR) is 77.4 cm³/mol. The molecule has 0 N–H and O–H groups in total. The minimum atomic E-state index is 0.115. The largest absolute Gasteiger partial charge is 0.464 e. The molecule has 2 rings (SSSR count). The van der Waals surface area contributed by atoms with Gasteiger partial charge in [-0.05, 0) is 30.7 Å². The minimum absolute atomic E-state index is 0.115. The fourth-order valence-corrected chi connectivity index (χ4v) is 2.72. The fourth-order valence-electron chi connectivity index (χ4n) is 1.43. The van der Waals surface area contributed by atoms with Crippen LogP contribution in [-0.2, 0) is 6.54 Å². The van der Waals surface area contributed by atoms with E-state index in [2.05, 4.69) is 15.0 Å². The molecule has 0 aliphatic heterocycles. The third-order valence-electron chi connectivity index (χ3n) is 2.21. The lowest BCUT2D eigenvalue weighted by atomic mass is 10.4. The zero-order valence-electron chi connectivity index (χ0n) is 10.4. The summed E-state index contributed by atoms with van der Waals surface area (Å²) >= 11 is 13.3. The number of hydrogen-bond donors (Lipinski definition) is 0. The SMILES string of the molecule is CCOc1nc(Cl)nc(N(C)Cc2ccc(Cl)s2)n1. The number of hydrogen-bond acceptors (Lipinski definition) is 6. The third-order valence-corrected chi connectivity index (χ3v) is 3.60. The van der Waals surface area contributed by atoms with Crippen LogP contribution >= 0.6 is 34.5 Å². The van der Waals surface area contributed by atoms with E-state index in [1.54, 1.807) is 0 Å². The first-order valence-corrected chi connectivity index (χ1v) is 7.15. The van der Waals surface area contributed by atoms with Gasteiger partial charge in [-0.15, -0.1) is 11.3 Å². The maximum Gasteiger partial charge on any atom is 0.322 e. The molecule has 0 spiro atoms. The van der Waals surface area contributed by atoms with Gasteiger partial charge in [-0.25, -0.2) is 0 Å². The van der Waals surface area contributed by atoms with Crippen LogP contribution in [0.4, 0.5) is 5.95 Å². The zero-order valence-corrected chi connectivity index (χ0v) is 12.8. The van der Waals surface area contributed by atoms with E-state index in [1.165, 1.54) is 11.3 Å². The summed E-state index contributed by atoms with van der Waals surface area (Å²) in [4.78, 5) is 15.1. The molecule has 2 aromatic heterocycles. The van der Waals surface area contributed by atoms with E-state index in [1.807, 2.05) is 31.0 Å². The van der Waals surface area contributed by atoms with Crippen LogP contribution in [0, 0.1) is 0 Å². The molecule has 0 amide bonds. The van der Waals surface area contributed by atoms with E-state index in [-0.39, 0.29) is 11.3 Å². The molecule has 8 heteroatoms. The van der Waals surface area contributed by atoms with E-state index in [0.717, 1.165) is 9.21 Å². The molecule has 0 saturated heterocycles. The summed E-state index contributed by atoms with van der Waals surface area (Å²) in [7, 11) is 1.87. The van der Waals surface area contributed by atoms with Crippen molar-refractivity contribution in [3.63, 3.8) is 0 Å². The molecule has 0 radical (unpaired) electrons. The van der Waals surface area contributed by atoms with Crippen LogP contribution in [0.3, 0.4) is 0 Å². The second-order valence-electron chi connectivity index (χ2n) is 3.68. The van der Waals surface area contributed by atoms with Crippen molar-refractivity contribution in [2.45, 2.75) is 13.5 Å². The van der Waals surface area contributed by atoms with Gasteiger partial charge >= 0.3 is 6.01 Å². The van der Waals surface area contributed by atoms with Crippen molar-refractivity contribution in [3.8, 4) is 6.01 Å². The standard InChI is InChI=1S/C11H12Cl2N4OS/c1-3-18-11-15-9(13)14-10(16-11)17(2)6-7-4-5-8(12)19-7/h4-5H,3,6H2,1-2H3.